The molecule has 0 N–H and O–H groups in total. The first-order valence-electron chi connectivity index (χ1n) is 15.2. The molecule has 0 fully saturated rings. The number of benzene rings is 3. The van der Waals surface area contributed by atoms with Crippen LogP contribution >= 0.6 is 0 Å². The minimum Gasteiger partial charge on any atom is -0.469 e. The van der Waals surface area contributed by atoms with E-state index in [-0.39, 0.29) is 22.2 Å². The lowest BCUT2D eigenvalue weighted by Gasteiger charge is -2.42. The summed E-state index contributed by atoms with van der Waals surface area (Å²) in [6, 6.07) is 31.2. The molecule has 2 heteroatoms. The fourth-order valence-electron chi connectivity index (χ4n) is 6.70. The van der Waals surface area contributed by atoms with Crippen LogP contribution in [0.2, 0.25) is 0 Å². The largest absolute Gasteiger partial charge is 0.469 e. The van der Waals surface area contributed by atoms with Crippen molar-refractivity contribution in [3.8, 4) is 0 Å². The lowest BCUT2D eigenvalue weighted by Crippen LogP contribution is -2.38. The zero-order valence-electron chi connectivity index (χ0n) is 26.3. The van der Waals surface area contributed by atoms with E-state index in [4.69, 9.17) is 4.74 Å². The van der Waals surface area contributed by atoms with Gasteiger partial charge in [-0.25, -0.2) is 0 Å². The van der Waals surface area contributed by atoms with Gasteiger partial charge in [-0.1, -0.05) is 145 Å². The minimum atomic E-state index is -0.626. The molecule has 2 unspecified atom stereocenters. The third-order valence-corrected chi connectivity index (χ3v) is 9.29. The van der Waals surface area contributed by atoms with Gasteiger partial charge in [-0.05, 0) is 60.8 Å². The first kappa shape index (κ1) is 31.7. The number of carbonyl (C=O) groups is 1. The van der Waals surface area contributed by atoms with Gasteiger partial charge < -0.3 is 4.74 Å². The fourth-order valence-corrected chi connectivity index (χ4v) is 6.70. The maximum Gasteiger partial charge on any atom is 0.311 e. The topological polar surface area (TPSA) is 26.3 Å². The van der Waals surface area contributed by atoms with E-state index >= 15 is 0 Å². The van der Waals surface area contributed by atoms with Crippen LogP contribution in [0.4, 0.5) is 0 Å². The SMILES string of the molecule is CCCCCC(CC(C)(C)C(=O)OC)(c1ccccc1)c1ccc(C(C)(CC(C)(C)CC)c2ccccc2)cc1. The summed E-state index contributed by atoms with van der Waals surface area (Å²) in [6.45, 7) is 15.8. The zero-order valence-corrected chi connectivity index (χ0v) is 26.3. The lowest BCUT2D eigenvalue weighted by molar-refractivity contribution is -0.151. The van der Waals surface area contributed by atoms with Crippen LogP contribution in [0.25, 0.3) is 0 Å². The van der Waals surface area contributed by atoms with Crippen LogP contribution in [0.3, 0.4) is 0 Å². The predicted octanol–water partition coefficient (Wildman–Crippen LogP) is 10.3. The predicted molar refractivity (Wildman–Crippen MR) is 170 cm³/mol. The average molecular weight is 541 g/mol. The standard InChI is InChI=1S/C38H52O2/c1-9-11-18-27-38(32-21-16-13-17-22-32,29-36(5,6)34(39)40-8)33-25-23-31(24-26-33)37(7,28-35(3,4)10-2)30-19-14-12-15-20-30/h12-17,19-26H,9-11,18,27-29H2,1-8H3. The van der Waals surface area contributed by atoms with Gasteiger partial charge in [0.2, 0.25) is 0 Å². The minimum absolute atomic E-state index is 0.109. The maximum absolute atomic E-state index is 13.0. The van der Waals surface area contributed by atoms with Crippen LogP contribution < -0.4 is 0 Å². The van der Waals surface area contributed by atoms with Gasteiger partial charge >= 0.3 is 5.97 Å². The first-order valence-corrected chi connectivity index (χ1v) is 15.2. The molecule has 2 nitrogen and oxygen atoms in total. The molecule has 0 radical (unpaired) electrons. The van der Waals surface area contributed by atoms with E-state index in [9.17, 15) is 4.79 Å². The number of hydrogen-bond acceptors (Lipinski definition) is 2. The van der Waals surface area contributed by atoms with Crippen LogP contribution in [-0.4, -0.2) is 13.1 Å². The maximum atomic E-state index is 13.0. The van der Waals surface area contributed by atoms with Gasteiger partial charge in [-0.15, -0.1) is 0 Å². The van der Waals surface area contributed by atoms with Crippen molar-refractivity contribution in [2.24, 2.45) is 10.8 Å². The van der Waals surface area contributed by atoms with Crippen molar-refractivity contribution in [2.45, 2.75) is 104 Å². The summed E-state index contributed by atoms with van der Waals surface area (Å²) in [4.78, 5) is 13.0. The van der Waals surface area contributed by atoms with Gasteiger partial charge in [0.25, 0.3) is 0 Å². The second-order valence-corrected chi connectivity index (χ2v) is 13.4. The molecule has 0 aliphatic heterocycles. The molecule has 0 spiro atoms. The second-order valence-electron chi connectivity index (χ2n) is 13.4. The Hall–Kier alpha value is -2.87. The number of methoxy groups -OCH3 is 1. The van der Waals surface area contributed by atoms with Crippen molar-refractivity contribution in [1.82, 2.24) is 0 Å². The van der Waals surface area contributed by atoms with Crippen LogP contribution in [0, 0.1) is 10.8 Å². The van der Waals surface area contributed by atoms with Crippen LogP contribution in [0.15, 0.2) is 84.9 Å². The molecule has 3 rings (SSSR count). The van der Waals surface area contributed by atoms with Crippen molar-refractivity contribution in [1.29, 1.82) is 0 Å². The summed E-state index contributed by atoms with van der Waals surface area (Å²) in [5.74, 6) is -0.154. The Morgan fingerprint density at radius 2 is 1.12 bits per heavy atom. The fraction of sp³-hybridized carbons (Fsp3) is 0.500. The van der Waals surface area contributed by atoms with Gasteiger partial charge in [0.1, 0.15) is 0 Å². The Morgan fingerprint density at radius 3 is 1.62 bits per heavy atom. The van der Waals surface area contributed by atoms with Crippen molar-refractivity contribution in [3.63, 3.8) is 0 Å². The molecular weight excluding hydrogens is 488 g/mol. The summed E-state index contributed by atoms with van der Waals surface area (Å²) < 4.78 is 5.29. The van der Waals surface area contributed by atoms with Crippen molar-refractivity contribution < 1.29 is 9.53 Å². The highest BCUT2D eigenvalue weighted by atomic mass is 16.5. The Labute approximate surface area is 244 Å². The first-order chi connectivity index (χ1) is 18.9. The Bertz CT molecular complexity index is 1190. The molecule has 2 atom stereocenters. The van der Waals surface area contributed by atoms with E-state index in [1.165, 1.54) is 35.8 Å². The Balaban J connectivity index is 2.19. The van der Waals surface area contributed by atoms with Gasteiger partial charge in [0.05, 0.1) is 12.5 Å². The molecule has 3 aromatic rings. The quantitative estimate of drug-likeness (QED) is 0.150. The summed E-state index contributed by atoms with van der Waals surface area (Å²) in [6.07, 6.45) is 7.31. The number of hydrogen-bond donors (Lipinski definition) is 0. The Kier molecular flexibility index (Phi) is 10.4. The average Bonchev–Trinajstić information content (AvgIpc) is 2.97. The van der Waals surface area contributed by atoms with Crippen molar-refractivity contribution in [2.75, 3.05) is 7.11 Å². The molecule has 0 amide bonds. The molecule has 216 valence electrons. The number of rotatable bonds is 14. The van der Waals surface area contributed by atoms with Crippen LogP contribution in [0.5, 0.6) is 0 Å². The van der Waals surface area contributed by atoms with E-state index in [1.54, 1.807) is 0 Å². The smallest absolute Gasteiger partial charge is 0.311 e. The van der Waals surface area contributed by atoms with Gasteiger partial charge in [-0.3, -0.25) is 4.79 Å². The number of esters is 1. The van der Waals surface area contributed by atoms with Gasteiger partial charge in [0, 0.05) is 10.8 Å². The number of ether oxygens (including phenoxy) is 1. The molecule has 3 aromatic carbocycles. The van der Waals surface area contributed by atoms with E-state index < -0.39 is 5.41 Å². The molecule has 0 saturated carbocycles. The summed E-state index contributed by atoms with van der Waals surface area (Å²) in [7, 11) is 1.50. The van der Waals surface area contributed by atoms with Crippen LogP contribution in [-0.2, 0) is 20.4 Å². The molecule has 0 aliphatic rings. The van der Waals surface area contributed by atoms with Crippen molar-refractivity contribution in [3.05, 3.63) is 107 Å². The molecular formula is C38H52O2. The number of carbonyl (C=O) groups excluding carboxylic acids is 1. The highest BCUT2D eigenvalue weighted by Crippen LogP contribution is 2.48. The monoisotopic (exact) mass is 540 g/mol. The third kappa shape index (κ3) is 7.06. The van der Waals surface area contributed by atoms with E-state index in [1.807, 2.05) is 13.8 Å². The van der Waals surface area contributed by atoms with Crippen LogP contribution in [0.1, 0.15) is 116 Å². The van der Waals surface area contributed by atoms with Gasteiger partial charge in [-0.2, -0.15) is 0 Å². The second kappa shape index (κ2) is 13.2. The highest BCUT2D eigenvalue weighted by Gasteiger charge is 2.43. The molecule has 0 heterocycles. The molecule has 0 bridgehead atoms. The summed E-state index contributed by atoms with van der Waals surface area (Å²) >= 11 is 0. The Morgan fingerprint density at radius 1 is 0.650 bits per heavy atom. The van der Waals surface area contributed by atoms with Crippen molar-refractivity contribution >= 4 is 5.97 Å². The molecule has 40 heavy (non-hydrogen) atoms. The lowest BCUT2D eigenvalue weighted by atomic mass is 9.62. The van der Waals surface area contributed by atoms with Gasteiger partial charge in [0.15, 0.2) is 0 Å². The highest BCUT2D eigenvalue weighted by molar-refractivity contribution is 5.76. The normalized spacial score (nSPS) is 15.2. The van der Waals surface area contributed by atoms with E-state index in [0.717, 1.165) is 32.1 Å². The number of unbranched alkanes of at least 4 members (excludes halogenated alkanes) is 2. The third-order valence-electron chi connectivity index (χ3n) is 9.29. The van der Waals surface area contributed by atoms with E-state index in [2.05, 4.69) is 120 Å². The van der Waals surface area contributed by atoms with E-state index in [0.29, 0.717) is 6.42 Å². The zero-order chi connectivity index (χ0) is 29.4. The summed E-state index contributed by atoms with van der Waals surface area (Å²) in [5.41, 5.74) is 4.43. The summed E-state index contributed by atoms with van der Waals surface area (Å²) in [5, 5.41) is 0. The molecule has 0 saturated heterocycles. The molecule has 0 aliphatic carbocycles. The molecule has 0 aromatic heterocycles.